The molecule has 0 spiro atoms. The van der Waals surface area contributed by atoms with Crippen LogP contribution in [-0.2, 0) is 4.79 Å². The molecule has 2 rings (SSSR count). The quantitative estimate of drug-likeness (QED) is 0.804. The summed E-state index contributed by atoms with van der Waals surface area (Å²) in [7, 11) is 0. The number of benzene rings is 2. The standard InChI is InChI=1S/C17H19NO4/c1-12(2)22-16-10-13(19)8-9-15(16)18-17(20)11-21-14-6-4-3-5-7-14/h3-10,12,19H,11H2,1-2H3,(H,18,20). The van der Waals surface area contributed by atoms with Crippen molar-refractivity contribution in [2.24, 2.45) is 0 Å². The van der Waals surface area contributed by atoms with E-state index in [2.05, 4.69) is 5.32 Å². The Bertz CT molecular complexity index is 626. The largest absolute Gasteiger partial charge is 0.508 e. The van der Waals surface area contributed by atoms with Crippen LogP contribution >= 0.6 is 0 Å². The monoisotopic (exact) mass is 301 g/mol. The third-order valence-corrected chi connectivity index (χ3v) is 2.72. The topological polar surface area (TPSA) is 67.8 Å². The second-order valence-corrected chi connectivity index (χ2v) is 5.00. The lowest BCUT2D eigenvalue weighted by Crippen LogP contribution is -2.21. The van der Waals surface area contributed by atoms with Crippen molar-refractivity contribution in [1.82, 2.24) is 0 Å². The Labute approximate surface area is 129 Å². The number of hydrogen-bond acceptors (Lipinski definition) is 4. The van der Waals surface area contributed by atoms with Gasteiger partial charge in [0, 0.05) is 6.07 Å². The number of nitrogens with one attached hydrogen (secondary N) is 1. The van der Waals surface area contributed by atoms with E-state index < -0.39 is 0 Å². The van der Waals surface area contributed by atoms with E-state index in [4.69, 9.17) is 9.47 Å². The molecule has 2 N–H and O–H groups in total. The Balaban J connectivity index is 1.99. The van der Waals surface area contributed by atoms with Gasteiger partial charge in [-0.2, -0.15) is 0 Å². The van der Waals surface area contributed by atoms with Gasteiger partial charge >= 0.3 is 0 Å². The Kier molecular flexibility index (Phi) is 5.25. The molecule has 0 aliphatic rings. The van der Waals surface area contributed by atoms with Crippen molar-refractivity contribution in [3.8, 4) is 17.2 Å². The average Bonchev–Trinajstić information content (AvgIpc) is 2.48. The number of phenols is 1. The van der Waals surface area contributed by atoms with Crippen LogP contribution in [0.2, 0.25) is 0 Å². The zero-order valence-corrected chi connectivity index (χ0v) is 12.6. The molecule has 5 heteroatoms. The highest BCUT2D eigenvalue weighted by Crippen LogP contribution is 2.29. The molecule has 0 radical (unpaired) electrons. The van der Waals surface area contributed by atoms with Gasteiger partial charge in [0.15, 0.2) is 6.61 Å². The van der Waals surface area contributed by atoms with Crippen LogP contribution in [-0.4, -0.2) is 23.7 Å². The lowest BCUT2D eigenvalue weighted by Gasteiger charge is -2.15. The van der Waals surface area contributed by atoms with Crippen LogP contribution in [0.15, 0.2) is 48.5 Å². The molecule has 0 atom stereocenters. The van der Waals surface area contributed by atoms with E-state index >= 15 is 0 Å². The predicted molar refractivity (Wildman–Crippen MR) is 84.4 cm³/mol. The van der Waals surface area contributed by atoms with Crippen LogP contribution in [0, 0.1) is 0 Å². The summed E-state index contributed by atoms with van der Waals surface area (Å²) in [5.74, 6) is 0.822. The van der Waals surface area contributed by atoms with Crippen LogP contribution < -0.4 is 14.8 Å². The summed E-state index contributed by atoms with van der Waals surface area (Å²) in [4.78, 5) is 12.0. The molecule has 1 amide bonds. The van der Waals surface area contributed by atoms with Crippen molar-refractivity contribution >= 4 is 11.6 Å². The number of aromatic hydroxyl groups is 1. The first-order chi connectivity index (χ1) is 10.5. The first-order valence-electron chi connectivity index (χ1n) is 7.02. The fourth-order valence-corrected chi connectivity index (χ4v) is 1.82. The van der Waals surface area contributed by atoms with Gasteiger partial charge in [-0.15, -0.1) is 0 Å². The van der Waals surface area contributed by atoms with Crippen molar-refractivity contribution in [3.05, 3.63) is 48.5 Å². The molecule has 0 fully saturated rings. The Morgan fingerprint density at radius 1 is 1.18 bits per heavy atom. The number of rotatable bonds is 6. The van der Waals surface area contributed by atoms with Crippen LogP contribution in [0.25, 0.3) is 0 Å². The highest BCUT2D eigenvalue weighted by Gasteiger charge is 2.11. The highest BCUT2D eigenvalue weighted by atomic mass is 16.5. The molecule has 0 saturated heterocycles. The summed E-state index contributed by atoms with van der Waals surface area (Å²) in [6, 6.07) is 13.6. The first-order valence-corrected chi connectivity index (χ1v) is 7.02. The highest BCUT2D eigenvalue weighted by molar-refractivity contribution is 5.93. The van der Waals surface area contributed by atoms with Crippen LogP contribution in [0.5, 0.6) is 17.2 Å². The maximum absolute atomic E-state index is 12.0. The summed E-state index contributed by atoms with van der Waals surface area (Å²) in [6.07, 6.45) is -0.0713. The minimum Gasteiger partial charge on any atom is -0.508 e. The van der Waals surface area contributed by atoms with Gasteiger partial charge in [-0.05, 0) is 38.1 Å². The maximum Gasteiger partial charge on any atom is 0.262 e. The normalized spacial score (nSPS) is 10.3. The van der Waals surface area contributed by atoms with E-state index in [-0.39, 0.29) is 24.4 Å². The maximum atomic E-state index is 12.0. The molecule has 0 aromatic heterocycles. The molecule has 116 valence electrons. The van der Waals surface area contributed by atoms with Crippen molar-refractivity contribution in [1.29, 1.82) is 0 Å². The van der Waals surface area contributed by atoms with E-state index in [0.29, 0.717) is 17.2 Å². The second-order valence-electron chi connectivity index (χ2n) is 5.00. The first kappa shape index (κ1) is 15.7. The van der Waals surface area contributed by atoms with Gasteiger partial charge in [-0.1, -0.05) is 18.2 Å². The molecule has 0 aliphatic heterocycles. The molecule has 0 saturated carbocycles. The van der Waals surface area contributed by atoms with Crippen LogP contribution in [0.4, 0.5) is 5.69 Å². The lowest BCUT2D eigenvalue weighted by molar-refractivity contribution is -0.118. The van der Waals surface area contributed by atoms with Crippen molar-refractivity contribution in [2.45, 2.75) is 20.0 Å². The van der Waals surface area contributed by atoms with Gasteiger partial charge in [0.25, 0.3) is 5.91 Å². The van der Waals surface area contributed by atoms with Crippen LogP contribution in [0.1, 0.15) is 13.8 Å². The molecular weight excluding hydrogens is 282 g/mol. The van der Waals surface area contributed by atoms with Crippen LogP contribution in [0.3, 0.4) is 0 Å². The third kappa shape index (κ3) is 4.70. The summed E-state index contributed by atoms with van der Waals surface area (Å²) < 4.78 is 11.0. The summed E-state index contributed by atoms with van der Waals surface area (Å²) in [6.45, 7) is 3.63. The number of phenolic OH excluding ortho intramolecular Hbond substituents is 1. The zero-order chi connectivity index (χ0) is 15.9. The summed E-state index contributed by atoms with van der Waals surface area (Å²) >= 11 is 0. The van der Waals surface area contributed by atoms with E-state index in [1.165, 1.54) is 12.1 Å². The number of carbonyl (C=O) groups excluding carboxylic acids is 1. The van der Waals surface area contributed by atoms with E-state index in [0.717, 1.165) is 0 Å². The van der Waals surface area contributed by atoms with Crippen molar-refractivity contribution in [2.75, 3.05) is 11.9 Å². The van der Waals surface area contributed by atoms with Gasteiger partial charge in [0.2, 0.25) is 0 Å². The molecule has 2 aromatic carbocycles. The van der Waals surface area contributed by atoms with E-state index in [9.17, 15) is 9.90 Å². The number of hydrogen-bond donors (Lipinski definition) is 2. The number of ether oxygens (including phenoxy) is 2. The average molecular weight is 301 g/mol. The predicted octanol–water partition coefficient (Wildman–Crippen LogP) is 3.20. The Morgan fingerprint density at radius 3 is 2.59 bits per heavy atom. The number of para-hydroxylation sites is 1. The smallest absolute Gasteiger partial charge is 0.262 e. The zero-order valence-electron chi connectivity index (χ0n) is 12.6. The van der Waals surface area contributed by atoms with E-state index in [1.54, 1.807) is 18.2 Å². The fourth-order valence-electron chi connectivity index (χ4n) is 1.82. The van der Waals surface area contributed by atoms with Gasteiger partial charge in [-0.25, -0.2) is 0 Å². The SMILES string of the molecule is CC(C)Oc1cc(O)ccc1NC(=O)COc1ccccc1. The second kappa shape index (κ2) is 7.36. The van der Waals surface area contributed by atoms with Gasteiger partial charge < -0.3 is 19.9 Å². The molecule has 5 nitrogen and oxygen atoms in total. The Hall–Kier alpha value is -2.69. The van der Waals surface area contributed by atoms with Crippen molar-refractivity contribution in [3.63, 3.8) is 0 Å². The summed E-state index contributed by atoms with van der Waals surface area (Å²) in [5.41, 5.74) is 0.494. The van der Waals surface area contributed by atoms with Gasteiger partial charge in [0.1, 0.15) is 17.2 Å². The molecule has 22 heavy (non-hydrogen) atoms. The van der Waals surface area contributed by atoms with E-state index in [1.807, 2.05) is 32.0 Å². The van der Waals surface area contributed by atoms with Gasteiger partial charge in [-0.3, -0.25) is 4.79 Å². The fraction of sp³-hybridized carbons (Fsp3) is 0.235. The molecule has 0 heterocycles. The molecular formula is C17H19NO4. The molecule has 2 aromatic rings. The molecule has 0 bridgehead atoms. The number of carbonyl (C=O) groups is 1. The van der Waals surface area contributed by atoms with Gasteiger partial charge in [0.05, 0.1) is 11.8 Å². The summed E-state index contributed by atoms with van der Waals surface area (Å²) in [5, 5.41) is 12.2. The lowest BCUT2D eigenvalue weighted by atomic mass is 10.2. The minimum atomic E-state index is -0.303. The number of amides is 1. The number of anilines is 1. The Morgan fingerprint density at radius 2 is 1.91 bits per heavy atom. The molecule has 0 unspecified atom stereocenters. The third-order valence-electron chi connectivity index (χ3n) is 2.72. The van der Waals surface area contributed by atoms with Crippen molar-refractivity contribution < 1.29 is 19.4 Å². The molecule has 0 aliphatic carbocycles. The minimum absolute atomic E-state index is 0.0713.